The molecule has 0 saturated heterocycles. The van der Waals surface area contributed by atoms with E-state index in [1.165, 1.54) is 26.4 Å². The van der Waals surface area contributed by atoms with Crippen molar-refractivity contribution >= 4 is 5.95 Å². The predicted molar refractivity (Wildman–Crippen MR) is 105 cm³/mol. The van der Waals surface area contributed by atoms with E-state index in [1.54, 1.807) is 24.4 Å². The average Bonchev–Trinajstić information content (AvgIpc) is 3.07. The minimum absolute atomic E-state index is 0.186. The molecule has 3 aromatic rings. The molecule has 0 aliphatic heterocycles. The van der Waals surface area contributed by atoms with Gasteiger partial charge in [-0.05, 0) is 51.1 Å². The van der Waals surface area contributed by atoms with Gasteiger partial charge in [-0.15, -0.1) is 0 Å². The number of aromatic amines is 1. The molecular weight excluding hydrogens is 361 g/mol. The molecule has 0 amide bonds. The van der Waals surface area contributed by atoms with Crippen LogP contribution >= 0.6 is 0 Å². The number of hydrogen-bond acceptors (Lipinski definition) is 6. The zero-order valence-corrected chi connectivity index (χ0v) is 16.6. The first-order valence-electron chi connectivity index (χ1n) is 8.84. The zero-order valence-electron chi connectivity index (χ0n) is 16.6. The van der Waals surface area contributed by atoms with Crippen LogP contribution in [0, 0.1) is 5.82 Å². The minimum Gasteiger partial charge on any atom is -0.350 e. The van der Waals surface area contributed by atoms with Crippen molar-refractivity contribution in [3.8, 4) is 22.6 Å². The molecule has 0 aliphatic carbocycles. The molecule has 28 heavy (non-hydrogen) atoms. The van der Waals surface area contributed by atoms with Gasteiger partial charge in [0.1, 0.15) is 5.82 Å². The molecule has 0 spiro atoms. The van der Waals surface area contributed by atoms with Gasteiger partial charge in [-0.3, -0.25) is 0 Å². The molecule has 0 atom stereocenters. The minimum atomic E-state index is -0.665. The molecule has 0 radical (unpaired) electrons. The quantitative estimate of drug-likeness (QED) is 0.620. The van der Waals surface area contributed by atoms with Crippen molar-refractivity contribution in [3.63, 3.8) is 0 Å². The van der Waals surface area contributed by atoms with Gasteiger partial charge in [-0.25, -0.2) is 19.3 Å². The molecule has 148 valence electrons. The Kier molecular flexibility index (Phi) is 5.71. The lowest BCUT2D eigenvalue weighted by Crippen LogP contribution is -2.27. The number of aromatic nitrogens is 4. The van der Waals surface area contributed by atoms with Crippen molar-refractivity contribution in [2.75, 3.05) is 19.5 Å². The largest absolute Gasteiger partial charge is 0.350 e. The Bertz CT molecular complexity index is 931. The smallest absolute Gasteiger partial charge is 0.223 e. The molecule has 8 heteroatoms. The Hall–Kier alpha value is -2.84. The summed E-state index contributed by atoms with van der Waals surface area (Å²) in [5.41, 5.74) is 2.49. The zero-order chi connectivity index (χ0) is 20.3. The van der Waals surface area contributed by atoms with Crippen LogP contribution in [0.15, 0.2) is 36.5 Å². The summed E-state index contributed by atoms with van der Waals surface area (Å²) < 4.78 is 24.0. The molecule has 0 aliphatic rings. The van der Waals surface area contributed by atoms with Crippen LogP contribution in [0.2, 0.25) is 0 Å². The second kappa shape index (κ2) is 8.04. The molecule has 0 unspecified atom stereocenters. The highest BCUT2D eigenvalue weighted by Crippen LogP contribution is 2.32. The summed E-state index contributed by atoms with van der Waals surface area (Å²) in [4.78, 5) is 16.7. The summed E-state index contributed by atoms with van der Waals surface area (Å²) in [6.07, 6.45) is 1.01. The topological polar surface area (TPSA) is 84.9 Å². The van der Waals surface area contributed by atoms with Gasteiger partial charge in [0, 0.05) is 31.5 Å². The Morgan fingerprint density at radius 3 is 2.32 bits per heavy atom. The van der Waals surface area contributed by atoms with E-state index in [9.17, 15) is 4.39 Å². The van der Waals surface area contributed by atoms with Crippen molar-refractivity contribution in [2.24, 2.45) is 0 Å². The maximum Gasteiger partial charge on any atom is 0.223 e. The lowest BCUT2D eigenvalue weighted by molar-refractivity contribution is -0.111. The van der Waals surface area contributed by atoms with Crippen molar-refractivity contribution in [1.29, 1.82) is 0 Å². The number of halogens is 1. The second-order valence-electron chi connectivity index (χ2n) is 7.30. The SMILES string of the molecule is COC(OC)c1nc(-c2ccc(F)cc2)c(-c2ccnc(NC(C)(C)C)n2)[nH]1. The first-order chi connectivity index (χ1) is 13.3. The van der Waals surface area contributed by atoms with Crippen molar-refractivity contribution < 1.29 is 13.9 Å². The third kappa shape index (κ3) is 4.52. The molecule has 0 saturated carbocycles. The number of H-pyrrole nitrogens is 1. The number of methoxy groups -OCH3 is 2. The molecule has 3 rings (SSSR count). The van der Waals surface area contributed by atoms with E-state index in [1.807, 2.05) is 20.8 Å². The van der Waals surface area contributed by atoms with Crippen LogP contribution in [-0.2, 0) is 9.47 Å². The van der Waals surface area contributed by atoms with E-state index in [2.05, 4.69) is 25.3 Å². The summed E-state index contributed by atoms with van der Waals surface area (Å²) >= 11 is 0. The van der Waals surface area contributed by atoms with Crippen molar-refractivity contribution in [3.05, 3.63) is 48.2 Å². The van der Waals surface area contributed by atoms with Gasteiger partial charge >= 0.3 is 0 Å². The number of ether oxygens (including phenoxy) is 2. The van der Waals surface area contributed by atoms with Gasteiger partial charge in [0.25, 0.3) is 0 Å². The van der Waals surface area contributed by atoms with Crippen LogP contribution in [0.1, 0.15) is 32.9 Å². The van der Waals surface area contributed by atoms with E-state index in [0.29, 0.717) is 28.9 Å². The summed E-state index contributed by atoms with van der Waals surface area (Å²) in [5, 5.41) is 3.25. The third-order valence-electron chi connectivity index (χ3n) is 3.89. The van der Waals surface area contributed by atoms with Crippen molar-refractivity contribution in [2.45, 2.75) is 32.6 Å². The number of nitrogens with zero attached hydrogens (tertiary/aromatic N) is 3. The average molecular weight is 385 g/mol. The van der Waals surface area contributed by atoms with Crippen LogP contribution in [0.25, 0.3) is 22.6 Å². The Labute approximate surface area is 163 Å². The Balaban J connectivity index is 2.11. The highest BCUT2D eigenvalue weighted by molar-refractivity contribution is 5.77. The molecule has 7 nitrogen and oxygen atoms in total. The number of nitrogens with one attached hydrogen (secondary N) is 2. The Morgan fingerprint density at radius 2 is 1.71 bits per heavy atom. The maximum atomic E-state index is 13.4. The Morgan fingerprint density at radius 1 is 1.04 bits per heavy atom. The van der Waals surface area contributed by atoms with Gasteiger partial charge in [-0.1, -0.05) is 0 Å². The van der Waals surface area contributed by atoms with E-state index >= 15 is 0 Å². The second-order valence-corrected chi connectivity index (χ2v) is 7.30. The molecule has 2 heterocycles. The van der Waals surface area contributed by atoms with E-state index in [-0.39, 0.29) is 11.4 Å². The first-order valence-corrected chi connectivity index (χ1v) is 8.84. The summed E-state index contributed by atoms with van der Waals surface area (Å²) in [6, 6.07) is 7.91. The fourth-order valence-electron chi connectivity index (χ4n) is 2.72. The van der Waals surface area contributed by atoms with Gasteiger partial charge < -0.3 is 19.8 Å². The summed E-state index contributed by atoms with van der Waals surface area (Å²) in [7, 11) is 3.06. The lowest BCUT2D eigenvalue weighted by Gasteiger charge is -2.20. The molecule has 2 aromatic heterocycles. The standard InChI is InChI=1S/C20H24FN5O2/c1-20(2,3)26-19-22-11-10-14(23-19)16-15(12-6-8-13(21)9-7-12)24-17(25-16)18(27-4)28-5/h6-11,18H,1-5H3,(H,24,25)(H,22,23,26). The number of imidazole rings is 1. The number of anilines is 1. The van der Waals surface area contributed by atoms with Crippen LogP contribution in [0.5, 0.6) is 0 Å². The molecule has 0 bridgehead atoms. The molecule has 0 fully saturated rings. The van der Waals surface area contributed by atoms with Crippen molar-refractivity contribution in [1.82, 2.24) is 19.9 Å². The number of hydrogen-bond donors (Lipinski definition) is 2. The normalized spacial score (nSPS) is 11.8. The molecular formula is C20H24FN5O2. The lowest BCUT2D eigenvalue weighted by atomic mass is 10.1. The fraction of sp³-hybridized carbons (Fsp3) is 0.350. The van der Waals surface area contributed by atoms with Gasteiger partial charge in [0.05, 0.1) is 17.1 Å². The first kappa shape index (κ1) is 19.9. The highest BCUT2D eigenvalue weighted by Gasteiger charge is 2.21. The van der Waals surface area contributed by atoms with Crippen LogP contribution in [0.4, 0.5) is 10.3 Å². The maximum absolute atomic E-state index is 13.4. The van der Waals surface area contributed by atoms with E-state index < -0.39 is 6.29 Å². The van der Waals surface area contributed by atoms with Gasteiger partial charge in [0.15, 0.2) is 5.82 Å². The highest BCUT2D eigenvalue weighted by atomic mass is 19.1. The molecule has 1 aromatic carbocycles. The predicted octanol–water partition coefficient (Wildman–Crippen LogP) is 4.17. The number of rotatable bonds is 6. The van der Waals surface area contributed by atoms with E-state index in [4.69, 9.17) is 9.47 Å². The summed E-state index contributed by atoms with van der Waals surface area (Å²) in [5.74, 6) is 0.677. The third-order valence-corrected chi connectivity index (χ3v) is 3.89. The monoisotopic (exact) mass is 385 g/mol. The van der Waals surface area contributed by atoms with Crippen LogP contribution < -0.4 is 5.32 Å². The summed E-state index contributed by atoms with van der Waals surface area (Å²) in [6.45, 7) is 6.09. The van der Waals surface area contributed by atoms with E-state index in [0.717, 1.165) is 5.56 Å². The van der Waals surface area contributed by atoms with Crippen LogP contribution in [-0.4, -0.2) is 39.7 Å². The fourth-order valence-corrected chi connectivity index (χ4v) is 2.72. The van der Waals surface area contributed by atoms with Gasteiger partial charge in [-0.2, -0.15) is 0 Å². The number of benzene rings is 1. The molecule has 2 N–H and O–H groups in total. The van der Waals surface area contributed by atoms with Crippen LogP contribution in [0.3, 0.4) is 0 Å². The van der Waals surface area contributed by atoms with Gasteiger partial charge in [0.2, 0.25) is 12.2 Å².